The van der Waals surface area contributed by atoms with Crippen molar-refractivity contribution in [3.63, 3.8) is 0 Å². The molecule has 7 nitrogen and oxygen atoms in total. The molecular weight excluding hydrogens is 348 g/mol. The highest BCUT2D eigenvalue weighted by atomic mass is 35.5. The van der Waals surface area contributed by atoms with Gasteiger partial charge in [-0.05, 0) is 11.4 Å². The first kappa shape index (κ1) is 15.1. The van der Waals surface area contributed by atoms with Crippen molar-refractivity contribution in [2.24, 2.45) is 0 Å². The number of hydrogen-bond donors (Lipinski definition) is 0. The summed E-state index contributed by atoms with van der Waals surface area (Å²) in [6.07, 6.45) is 0.458. The average Bonchev–Trinajstić information content (AvgIpc) is 3.24. The van der Waals surface area contributed by atoms with Gasteiger partial charge in [0.15, 0.2) is 0 Å². The zero-order chi connectivity index (χ0) is 15.4. The predicted octanol–water partition coefficient (Wildman–Crippen LogP) is 2.98. The van der Waals surface area contributed by atoms with Crippen molar-refractivity contribution in [3.8, 4) is 11.4 Å². The molecule has 3 rings (SSSR count). The fourth-order valence-electron chi connectivity index (χ4n) is 1.58. The fourth-order valence-corrected chi connectivity index (χ4v) is 2.81. The predicted molar refractivity (Wildman–Crippen MR) is 80.6 cm³/mol. The van der Waals surface area contributed by atoms with Crippen LogP contribution in [0.2, 0.25) is 4.34 Å². The largest absolute Gasteiger partial charge is 0.459 e. The Morgan fingerprint density at radius 2 is 2.36 bits per heavy atom. The normalized spacial score (nSPS) is 10.8. The summed E-state index contributed by atoms with van der Waals surface area (Å²) in [6, 6.07) is 1.90. The number of aryl methyl sites for hydroxylation is 1. The van der Waals surface area contributed by atoms with Crippen LogP contribution in [0, 0.1) is 0 Å². The number of esters is 1. The second-order valence-electron chi connectivity index (χ2n) is 4.18. The van der Waals surface area contributed by atoms with Crippen molar-refractivity contribution in [3.05, 3.63) is 32.7 Å². The van der Waals surface area contributed by atoms with Crippen molar-refractivity contribution in [1.82, 2.24) is 19.7 Å². The van der Waals surface area contributed by atoms with E-state index in [-0.39, 0.29) is 19.0 Å². The third-order valence-electron chi connectivity index (χ3n) is 2.67. The van der Waals surface area contributed by atoms with Gasteiger partial charge in [-0.3, -0.25) is 4.79 Å². The lowest BCUT2D eigenvalue weighted by Crippen LogP contribution is -2.06. The zero-order valence-corrected chi connectivity index (χ0v) is 13.5. The van der Waals surface area contributed by atoms with Crippen LogP contribution in [-0.4, -0.2) is 25.7 Å². The Bertz CT molecular complexity index is 756. The van der Waals surface area contributed by atoms with Crippen LogP contribution in [0.3, 0.4) is 0 Å². The molecule has 22 heavy (non-hydrogen) atoms. The van der Waals surface area contributed by atoms with Crippen LogP contribution in [0.5, 0.6) is 0 Å². The second-order valence-corrected chi connectivity index (χ2v) is 6.31. The van der Waals surface area contributed by atoms with E-state index >= 15 is 0 Å². The van der Waals surface area contributed by atoms with Gasteiger partial charge in [-0.1, -0.05) is 21.2 Å². The van der Waals surface area contributed by atoms with E-state index in [4.69, 9.17) is 20.9 Å². The van der Waals surface area contributed by atoms with Gasteiger partial charge < -0.3 is 9.26 Å². The van der Waals surface area contributed by atoms with Gasteiger partial charge in [-0.15, -0.1) is 5.10 Å². The number of rotatable bonds is 6. The van der Waals surface area contributed by atoms with Crippen LogP contribution in [0.15, 0.2) is 21.3 Å². The molecule has 0 aromatic carbocycles. The van der Waals surface area contributed by atoms with E-state index < -0.39 is 0 Å². The molecule has 0 fully saturated rings. The molecular formula is C12H9ClN4O3S2. The van der Waals surface area contributed by atoms with E-state index in [1.54, 1.807) is 11.3 Å². The van der Waals surface area contributed by atoms with E-state index in [9.17, 15) is 4.79 Å². The number of hydrogen-bond acceptors (Lipinski definition) is 9. The van der Waals surface area contributed by atoms with Gasteiger partial charge in [-0.2, -0.15) is 16.3 Å². The first-order valence-corrected chi connectivity index (χ1v) is 8.29. The molecule has 0 aliphatic carbocycles. The quantitative estimate of drug-likeness (QED) is 0.627. The van der Waals surface area contributed by atoms with Gasteiger partial charge in [0.1, 0.15) is 16.6 Å². The van der Waals surface area contributed by atoms with Gasteiger partial charge in [0, 0.05) is 28.9 Å². The van der Waals surface area contributed by atoms with Crippen LogP contribution in [-0.2, 0) is 22.6 Å². The highest BCUT2D eigenvalue weighted by Crippen LogP contribution is 2.20. The molecule has 0 unspecified atom stereocenters. The van der Waals surface area contributed by atoms with E-state index in [2.05, 4.69) is 19.7 Å². The molecule has 0 radical (unpaired) electrons. The highest BCUT2D eigenvalue weighted by molar-refractivity contribution is 7.10. The molecule has 3 aromatic rings. The standard InChI is InChI=1S/C12H9ClN4O3S2/c13-11-8(15-17-22-11)5-19-10(18)2-1-9-14-12(16-20-9)7-3-4-21-6-7/h3-4,6H,1-2,5H2. The third kappa shape index (κ3) is 3.67. The maximum absolute atomic E-state index is 11.7. The Balaban J connectivity index is 1.48. The van der Waals surface area contributed by atoms with Crippen LogP contribution in [0.25, 0.3) is 11.4 Å². The summed E-state index contributed by atoms with van der Waals surface area (Å²) in [7, 11) is 0. The molecule has 0 spiro atoms. The lowest BCUT2D eigenvalue weighted by Gasteiger charge is -2.00. The molecule has 0 aliphatic heterocycles. The van der Waals surface area contributed by atoms with Crippen LogP contribution >= 0.6 is 34.5 Å². The molecule has 3 heterocycles. The monoisotopic (exact) mass is 356 g/mol. The Morgan fingerprint density at radius 1 is 1.45 bits per heavy atom. The molecule has 0 N–H and O–H groups in total. The lowest BCUT2D eigenvalue weighted by atomic mass is 10.3. The fraction of sp³-hybridized carbons (Fsp3) is 0.250. The Kier molecular flexibility index (Phi) is 4.76. The Hall–Kier alpha value is -1.84. The average molecular weight is 357 g/mol. The van der Waals surface area contributed by atoms with Gasteiger partial charge in [-0.25, -0.2) is 0 Å². The van der Waals surface area contributed by atoms with Crippen molar-refractivity contribution in [1.29, 1.82) is 0 Å². The number of aromatic nitrogens is 4. The number of halogens is 1. The maximum Gasteiger partial charge on any atom is 0.306 e. The van der Waals surface area contributed by atoms with E-state index in [0.717, 1.165) is 17.1 Å². The first-order valence-electron chi connectivity index (χ1n) is 6.20. The van der Waals surface area contributed by atoms with Crippen LogP contribution < -0.4 is 0 Å². The van der Waals surface area contributed by atoms with Crippen molar-refractivity contribution >= 4 is 40.4 Å². The van der Waals surface area contributed by atoms with Gasteiger partial charge in [0.05, 0.1) is 6.42 Å². The summed E-state index contributed by atoms with van der Waals surface area (Å²) in [5.74, 6) is 0.524. The van der Waals surface area contributed by atoms with E-state index in [1.807, 2.05) is 16.8 Å². The summed E-state index contributed by atoms with van der Waals surface area (Å²) >= 11 is 8.42. The van der Waals surface area contributed by atoms with Crippen LogP contribution in [0.4, 0.5) is 0 Å². The van der Waals surface area contributed by atoms with E-state index in [0.29, 0.717) is 28.2 Å². The molecule has 3 aromatic heterocycles. The molecule has 0 amide bonds. The number of carbonyl (C=O) groups is 1. The number of carbonyl (C=O) groups excluding carboxylic acids is 1. The topological polar surface area (TPSA) is 91.0 Å². The Morgan fingerprint density at radius 3 is 3.09 bits per heavy atom. The summed E-state index contributed by atoms with van der Waals surface area (Å²) in [5, 5.41) is 11.5. The smallest absolute Gasteiger partial charge is 0.306 e. The summed E-state index contributed by atoms with van der Waals surface area (Å²) in [5.41, 5.74) is 1.35. The molecule has 0 saturated heterocycles. The molecule has 114 valence electrons. The minimum Gasteiger partial charge on any atom is -0.459 e. The molecule has 0 aliphatic rings. The van der Waals surface area contributed by atoms with Crippen LogP contribution in [0.1, 0.15) is 18.0 Å². The third-order valence-corrected chi connectivity index (χ3v) is 4.34. The second kappa shape index (κ2) is 6.95. The highest BCUT2D eigenvalue weighted by Gasteiger charge is 2.13. The summed E-state index contributed by atoms with van der Waals surface area (Å²) in [6.45, 7) is 0.0121. The number of ether oxygens (including phenoxy) is 1. The molecule has 0 saturated carbocycles. The minimum absolute atomic E-state index is 0.0121. The maximum atomic E-state index is 11.7. The molecule has 10 heteroatoms. The minimum atomic E-state index is -0.389. The zero-order valence-electron chi connectivity index (χ0n) is 11.1. The molecule has 0 atom stereocenters. The van der Waals surface area contributed by atoms with E-state index in [1.165, 1.54) is 0 Å². The molecule has 0 bridgehead atoms. The Labute approximate surface area is 138 Å². The van der Waals surface area contributed by atoms with Gasteiger partial charge >= 0.3 is 5.97 Å². The lowest BCUT2D eigenvalue weighted by molar-refractivity contribution is -0.145. The summed E-state index contributed by atoms with van der Waals surface area (Å²) < 4.78 is 14.2. The van der Waals surface area contributed by atoms with Crippen molar-refractivity contribution in [2.75, 3.05) is 0 Å². The SMILES string of the molecule is O=C(CCc1nc(-c2ccsc2)no1)OCc1nnsc1Cl. The summed E-state index contributed by atoms with van der Waals surface area (Å²) in [4.78, 5) is 15.9. The van der Waals surface area contributed by atoms with Gasteiger partial charge in [0.25, 0.3) is 0 Å². The van der Waals surface area contributed by atoms with Crippen molar-refractivity contribution in [2.45, 2.75) is 19.4 Å². The number of thiophene rings is 1. The van der Waals surface area contributed by atoms with Gasteiger partial charge in [0.2, 0.25) is 11.7 Å². The van der Waals surface area contributed by atoms with Crippen molar-refractivity contribution < 1.29 is 14.1 Å². The first-order chi connectivity index (χ1) is 10.7. The number of nitrogens with zero attached hydrogens (tertiary/aromatic N) is 4.